The molecule has 0 aliphatic rings. The molecule has 0 saturated heterocycles. The first-order valence-electron chi connectivity index (χ1n) is 5.30. The Bertz CT molecular complexity index is 596. The van der Waals surface area contributed by atoms with E-state index in [0.29, 0.717) is 17.1 Å². The van der Waals surface area contributed by atoms with Crippen LogP contribution in [0.25, 0.3) is 0 Å². The van der Waals surface area contributed by atoms with E-state index in [1.807, 2.05) is 0 Å². The molecule has 0 unspecified atom stereocenters. The van der Waals surface area contributed by atoms with E-state index in [0.717, 1.165) is 0 Å². The van der Waals surface area contributed by atoms with Crippen molar-refractivity contribution in [1.29, 1.82) is 0 Å². The molecule has 0 fully saturated rings. The van der Waals surface area contributed by atoms with Gasteiger partial charge in [-0.1, -0.05) is 23.7 Å². The lowest BCUT2D eigenvalue weighted by Gasteiger charge is -2.07. The van der Waals surface area contributed by atoms with Gasteiger partial charge >= 0.3 is 0 Å². The molecule has 0 bridgehead atoms. The third-order valence-corrected chi connectivity index (χ3v) is 2.66. The molecule has 0 aromatic heterocycles. The van der Waals surface area contributed by atoms with Crippen molar-refractivity contribution in [3.63, 3.8) is 0 Å². The van der Waals surface area contributed by atoms with E-state index in [-0.39, 0.29) is 10.8 Å². The molecule has 2 rings (SSSR count). The van der Waals surface area contributed by atoms with Gasteiger partial charge in [0, 0.05) is 11.6 Å². The van der Waals surface area contributed by atoms with Crippen LogP contribution in [0.1, 0.15) is 17.3 Å². The van der Waals surface area contributed by atoms with Gasteiger partial charge in [-0.25, -0.2) is 4.39 Å². The first-order valence-corrected chi connectivity index (χ1v) is 5.68. The highest BCUT2D eigenvalue weighted by Crippen LogP contribution is 2.26. The summed E-state index contributed by atoms with van der Waals surface area (Å²) in [7, 11) is 0. The maximum atomic E-state index is 13.0. The molecule has 92 valence electrons. The molecule has 0 N–H and O–H groups in total. The average Bonchev–Trinajstić information content (AvgIpc) is 2.34. The van der Waals surface area contributed by atoms with Gasteiger partial charge in [0.2, 0.25) is 0 Å². The molecule has 0 aliphatic carbocycles. The summed E-state index contributed by atoms with van der Waals surface area (Å²) in [5.74, 6) is 0.381. The number of ketones is 1. The first-order chi connectivity index (χ1) is 8.56. The minimum Gasteiger partial charge on any atom is -0.457 e. The first kappa shape index (κ1) is 12.6. The molecule has 0 amide bonds. The number of carbonyl (C=O) groups is 1. The zero-order valence-electron chi connectivity index (χ0n) is 9.61. The topological polar surface area (TPSA) is 26.3 Å². The van der Waals surface area contributed by atoms with Crippen LogP contribution in [-0.2, 0) is 0 Å². The van der Waals surface area contributed by atoms with Gasteiger partial charge in [-0.2, -0.15) is 0 Å². The van der Waals surface area contributed by atoms with E-state index in [1.54, 1.807) is 24.3 Å². The van der Waals surface area contributed by atoms with E-state index in [9.17, 15) is 9.18 Å². The summed E-state index contributed by atoms with van der Waals surface area (Å²) in [5.41, 5.74) is 0.556. The summed E-state index contributed by atoms with van der Waals surface area (Å²) in [6, 6.07) is 10.8. The van der Waals surface area contributed by atoms with Crippen LogP contribution >= 0.6 is 11.6 Å². The van der Waals surface area contributed by atoms with E-state index in [1.165, 1.54) is 25.1 Å². The Morgan fingerprint density at radius 2 is 1.89 bits per heavy atom. The fraction of sp³-hybridized carbons (Fsp3) is 0.0714. The highest BCUT2D eigenvalue weighted by atomic mass is 35.5. The molecule has 18 heavy (non-hydrogen) atoms. The third-order valence-electron chi connectivity index (χ3n) is 2.37. The molecular formula is C14H10ClFO2. The zero-order valence-corrected chi connectivity index (χ0v) is 10.4. The van der Waals surface area contributed by atoms with Crippen LogP contribution in [0.2, 0.25) is 5.02 Å². The van der Waals surface area contributed by atoms with Crippen molar-refractivity contribution >= 4 is 17.4 Å². The monoisotopic (exact) mass is 264 g/mol. The van der Waals surface area contributed by atoms with Gasteiger partial charge < -0.3 is 4.74 Å². The fourth-order valence-corrected chi connectivity index (χ4v) is 1.63. The van der Waals surface area contributed by atoms with E-state index in [4.69, 9.17) is 16.3 Å². The van der Waals surface area contributed by atoms with E-state index >= 15 is 0 Å². The number of hydrogen-bond donors (Lipinski definition) is 0. The van der Waals surface area contributed by atoms with Crippen LogP contribution in [0.4, 0.5) is 4.39 Å². The molecule has 0 radical (unpaired) electrons. The molecule has 2 aromatic rings. The number of Topliss-reactive ketones (excluding diaryl/α,β-unsaturated/α-hetero) is 1. The number of ether oxygens (including phenoxy) is 1. The number of benzene rings is 2. The number of hydrogen-bond acceptors (Lipinski definition) is 2. The minimum atomic E-state index is -0.499. The summed E-state index contributed by atoms with van der Waals surface area (Å²) in [4.78, 5) is 11.2. The predicted molar refractivity (Wildman–Crippen MR) is 67.9 cm³/mol. The van der Waals surface area contributed by atoms with Crippen LogP contribution in [-0.4, -0.2) is 5.78 Å². The van der Waals surface area contributed by atoms with Crippen molar-refractivity contribution in [2.75, 3.05) is 0 Å². The molecule has 0 atom stereocenters. The van der Waals surface area contributed by atoms with Crippen LogP contribution in [0.15, 0.2) is 42.5 Å². The second-order valence-electron chi connectivity index (χ2n) is 3.76. The van der Waals surface area contributed by atoms with Crippen molar-refractivity contribution < 1.29 is 13.9 Å². The van der Waals surface area contributed by atoms with Crippen LogP contribution in [0.5, 0.6) is 11.5 Å². The van der Waals surface area contributed by atoms with Gasteiger partial charge in [0.1, 0.15) is 17.3 Å². The normalized spacial score (nSPS) is 10.2. The van der Waals surface area contributed by atoms with Crippen molar-refractivity contribution in [1.82, 2.24) is 0 Å². The van der Waals surface area contributed by atoms with E-state index in [2.05, 4.69) is 0 Å². The lowest BCUT2D eigenvalue weighted by atomic mass is 10.1. The second-order valence-corrected chi connectivity index (χ2v) is 4.17. The van der Waals surface area contributed by atoms with Gasteiger partial charge in [-0.15, -0.1) is 0 Å². The van der Waals surface area contributed by atoms with Crippen LogP contribution in [0, 0.1) is 5.82 Å². The Morgan fingerprint density at radius 3 is 2.56 bits per heavy atom. The number of rotatable bonds is 3. The van der Waals surface area contributed by atoms with Crippen molar-refractivity contribution in [2.24, 2.45) is 0 Å². The third kappa shape index (κ3) is 2.87. The summed E-state index contributed by atoms with van der Waals surface area (Å²) in [5, 5.41) is -0.00442. The smallest absolute Gasteiger partial charge is 0.159 e. The molecule has 2 aromatic carbocycles. The van der Waals surface area contributed by atoms with Gasteiger partial charge in [0.05, 0.1) is 5.02 Å². The van der Waals surface area contributed by atoms with Crippen molar-refractivity contribution in [3.05, 3.63) is 58.9 Å². The summed E-state index contributed by atoms with van der Waals surface area (Å²) >= 11 is 5.65. The lowest BCUT2D eigenvalue weighted by molar-refractivity contribution is 0.101. The van der Waals surface area contributed by atoms with Crippen molar-refractivity contribution in [2.45, 2.75) is 6.92 Å². The van der Waals surface area contributed by atoms with Gasteiger partial charge in [-0.3, -0.25) is 4.79 Å². The SMILES string of the molecule is CC(=O)c1cccc(Oc2ccc(F)c(Cl)c2)c1. The van der Waals surface area contributed by atoms with Gasteiger partial charge in [-0.05, 0) is 31.2 Å². The number of halogens is 2. The van der Waals surface area contributed by atoms with Crippen molar-refractivity contribution in [3.8, 4) is 11.5 Å². The molecule has 0 saturated carbocycles. The van der Waals surface area contributed by atoms with Gasteiger partial charge in [0.25, 0.3) is 0 Å². The predicted octanol–water partition coefficient (Wildman–Crippen LogP) is 4.47. The fourth-order valence-electron chi connectivity index (χ4n) is 1.46. The average molecular weight is 265 g/mol. The molecule has 0 aliphatic heterocycles. The highest BCUT2D eigenvalue weighted by Gasteiger charge is 2.05. The molecule has 0 spiro atoms. The maximum Gasteiger partial charge on any atom is 0.159 e. The molecular weight excluding hydrogens is 255 g/mol. The Kier molecular flexibility index (Phi) is 3.63. The Labute approximate surface area is 109 Å². The zero-order chi connectivity index (χ0) is 13.1. The molecule has 4 heteroatoms. The van der Waals surface area contributed by atoms with Crippen LogP contribution in [0.3, 0.4) is 0 Å². The standard InChI is InChI=1S/C14H10ClFO2/c1-9(17)10-3-2-4-11(7-10)18-12-5-6-14(16)13(15)8-12/h2-8H,1H3. The van der Waals surface area contributed by atoms with Gasteiger partial charge in [0.15, 0.2) is 5.78 Å². The molecule has 0 heterocycles. The molecule has 2 nitrogen and oxygen atoms in total. The Balaban J connectivity index is 2.25. The number of carbonyl (C=O) groups excluding carboxylic acids is 1. The quantitative estimate of drug-likeness (QED) is 0.765. The lowest BCUT2D eigenvalue weighted by Crippen LogP contribution is -1.92. The minimum absolute atomic E-state index is 0.00442. The second kappa shape index (κ2) is 5.19. The maximum absolute atomic E-state index is 13.0. The van der Waals surface area contributed by atoms with E-state index < -0.39 is 5.82 Å². The van der Waals surface area contributed by atoms with Crippen LogP contribution < -0.4 is 4.74 Å². The summed E-state index contributed by atoms with van der Waals surface area (Å²) in [6.45, 7) is 1.48. The summed E-state index contributed by atoms with van der Waals surface area (Å²) < 4.78 is 18.5. The summed E-state index contributed by atoms with van der Waals surface area (Å²) in [6.07, 6.45) is 0. The largest absolute Gasteiger partial charge is 0.457 e. The Morgan fingerprint density at radius 1 is 1.17 bits per heavy atom. The Hall–Kier alpha value is -1.87. The highest BCUT2D eigenvalue weighted by molar-refractivity contribution is 6.30.